The van der Waals surface area contributed by atoms with Gasteiger partial charge in [0.05, 0.1) is 26.9 Å². The molecule has 0 amide bonds. The molecule has 2 atom stereocenters. The highest BCUT2D eigenvalue weighted by Gasteiger charge is 2.53. The Morgan fingerprint density at radius 3 is 2.38 bits per heavy atom. The van der Waals surface area contributed by atoms with Crippen LogP contribution >= 0.6 is 0 Å². The Morgan fingerprint density at radius 1 is 1.19 bits per heavy atom. The maximum Gasteiger partial charge on any atom is 0.494 e. The molecule has 2 N–H and O–H groups in total. The quantitative estimate of drug-likeness (QED) is 0.831. The topological polar surface area (TPSA) is 74.4 Å². The number of nitrogens with zero attached hydrogens (tertiary/aromatic N) is 1. The number of aromatic nitrogens is 1. The van der Waals surface area contributed by atoms with Crippen LogP contribution in [0.15, 0.2) is 46.3 Å². The minimum atomic E-state index is -1.55. The average Bonchev–Trinajstić information content (AvgIpc) is 2.87. The normalized spacial score (nSPS) is 23.2. The molecule has 0 saturated carbocycles. The van der Waals surface area contributed by atoms with Gasteiger partial charge in [-0.3, -0.25) is 0 Å². The van der Waals surface area contributed by atoms with Gasteiger partial charge in [-0.15, -0.1) is 0 Å². The SMILES string of the molecule is CCC1(C)OB(c2ccc(S(=O)c3cnc(N)c(F)c3)cc2)OC1(C)C. The molecule has 26 heavy (non-hydrogen) atoms. The van der Waals surface area contributed by atoms with Gasteiger partial charge in [-0.25, -0.2) is 13.6 Å². The van der Waals surface area contributed by atoms with E-state index in [0.717, 1.165) is 17.9 Å². The minimum Gasteiger partial charge on any atom is -0.399 e. The molecule has 2 heterocycles. The molecule has 1 aliphatic heterocycles. The first-order chi connectivity index (χ1) is 12.2. The lowest BCUT2D eigenvalue weighted by Crippen LogP contribution is -2.44. The number of benzene rings is 1. The number of nitrogens with two attached hydrogens (primary N) is 1. The van der Waals surface area contributed by atoms with Crippen LogP contribution in [-0.2, 0) is 20.1 Å². The van der Waals surface area contributed by atoms with Crippen LogP contribution in [0.1, 0.15) is 34.1 Å². The van der Waals surface area contributed by atoms with Crippen molar-refractivity contribution in [1.29, 1.82) is 0 Å². The summed E-state index contributed by atoms with van der Waals surface area (Å²) in [6.45, 7) is 8.14. The fourth-order valence-corrected chi connectivity index (χ4v) is 3.87. The van der Waals surface area contributed by atoms with E-state index in [0.29, 0.717) is 4.90 Å². The highest BCUT2D eigenvalue weighted by Crippen LogP contribution is 2.39. The third kappa shape index (κ3) is 3.29. The first-order valence-corrected chi connectivity index (χ1v) is 9.60. The van der Waals surface area contributed by atoms with Gasteiger partial charge in [0.2, 0.25) is 0 Å². The third-order valence-corrected chi connectivity index (χ3v) is 6.49. The van der Waals surface area contributed by atoms with E-state index in [1.54, 1.807) is 12.1 Å². The maximum absolute atomic E-state index is 13.5. The minimum absolute atomic E-state index is 0.210. The van der Waals surface area contributed by atoms with Crippen LogP contribution in [0.2, 0.25) is 0 Å². The lowest BCUT2D eigenvalue weighted by molar-refractivity contribution is -0.0118. The van der Waals surface area contributed by atoms with Crippen LogP contribution in [0.25, 0.3) is 0 Å². The van der Waals surface area contributed by atoms with Crippen molar-refractivity contribution >= 4 is 29.2 Å². The van der Waals surface area contributed by atoms with E-state index in [-0.39, 0.29) is 16.3 Å². The Morgan fingerprint density at radius 2 is 1.85 bits per heavy atom. The van der Waals surface area contributed by atoms with Gasteiger partial charge in [-0.1, -0.05) is 19.1 Å². The van der Waals surface area contributed by atoms with Gasteiger partial charge in [0, 0.05) is 11.1 Å². The summed E-state index contributed by atoms with van der Waals surface area (Å²) >= 11 is 0. The lowest BCUT2D eigenvalue weighted by atomic mass is 9.79. The second-order valence-electron chi connectivity index (χ2n) is 7.04. The summed E-state index contributed by atoms with van der Waals surface area (Å²) in [5.74, 6) is -0.889. The van der Waals surface area contributed by atoms with Crippen molar-refractivity contribution in [2.24, 2.45) is 0 Å². The molecule has 0 radical (unpaired) electrons. The molecular formula is C18H22BFN2O3S. The number of hydrogen-bond donors (Lipinski definition) is 1. The second-order valence-corrected chi connectivity index (χ2v) is 8.52. The summed E-state index contributed by atoms with van der Waals surface area (Å²) in [6.07, 6.45) is 2.15. The number of pyridine rings is 1. The van der Waals surface area contributed by atoms with E-state index in [2.05, 4.69) is 11.9 Å². The Labute approximate surface area is 155 Å². The van der Waals surface area contributed by atoms with E-state index >= 15 is 0 Å². The molecule has 138 valence electrons. The van der Waals surface area contributed by atoms with E-state index in [1.807, 2.05) is 32.9 Å². The number of hydrogen-bond acceptors (Lipinski definition) is 5. The van der Waals surface area contributed by atoms with Crippen LogP contribution in [0.4, 0.5) is 10.2 Å². The molecule has 2 aromatic rings. The van der Waals surface area contributed by atoms with Crippen molar-refractivity contribution in [1.82, 2.24) is 4.98 Å². The van der Waals surface area contributed by atoms with Gasteiger partial charge in [0.1, 0.15) is 0 Å². The molecule has 1 fully saturated rings. The highest BCUT2D eigenvalue weighted by atomic mass is 32.2. The van der Waals surface area contributed by atoms with Gasteiger partial charge >= 0.3 is 7.12 Å². The first kappa shape index (κ1) is 19.0. The summed E-state index contributed by atoms with van der Waals surface area (Å²) in [5, 5.41) is 0. The monoisotopic (exact) mass is 376 g/mol. The number of nitrogen functional groups attached to an aromatic ring is 1. The van der Waals surface area contributed by atoms with Crippen molar-refractivity contribution in [2.45, 2.75) is 55.1 Å². The molecule has 3 rings (SSSR count). The second kappa shape index (κ2) is 6.76. The highest BCUT2D eigenvalue weighted by molar-refractivity contribution is 7.85. The fourth-order valence-electron chi connectivity index (χ4n) is 2.86. The molecule has 0 aliphatic carbocycles. The zero-order valence-electron chi connectivity index (χ0n) is 15.3. The zero-order chi connectivity index (χ0) is 19.1. The van der Waals surface area contributed by atoms with Gasteiger partial charge in [-0.05, 0) is 50.9 Å². The largest absolute Gasteiger partial charge is 0.494 e. The summed E-state index contributed by atoms with van der Waals surface area (Å²) in [6, 6.07) is 8.22. The molecule has 0 bridgehead atoms. The van der Waals surface area contributed by atoms with Gasteiger partial charge < -0.3 is 15.0 Å². The van der Waals surface area contributed by atoms with Crippen LogP contribution in [0.5, 0.6) is 0 Å². The van der Waals surface area contributed by atoms with Crippen molar-refractivity contribution < 1.29 is 17.9 Å². The van der Waals surface area contributed by atoms with Gasteiger partial charge in [-0.2, -0.15) is 0 Å². The predicted octanol–water partition coefficient (Wildman–Crippen LogP) is 2.66. The molecule has 1 aromatic carbocycles. The predicted molar refractivity (Wildman–Crippen MR) is 100 cm³/mol. The molecule has 1 aromatic heterocycles. The van der Waals surface area contributed by atoms with Crippen LogP contribution in [0, 0.1) is 5.82 Å². The fraction of sp³-hybridized carbons (Fsp3) is 0.389. The van der Waals surface area contributed by atoms with Crippen LogP contribution < -0.4 is 11.2 Å². The molecule has 1 saturated heterocycles. The smallest absolute Gasteiger partial charge is 0.399 e. The Bertz CT molecular complexity index is 847. The lowest BCUT2D eigenvalue weighted by Gasteiger charge is -2.35. The van der Waals surface area contributed by atoms with Gasteiger partial charge in [0.15, 0.2) is 11.6 Å². The summed E-state index contributed by atoms with van der Waals surface area (Å²) < 4.78 is 38.4. The summed E-state index contributed by atoms with van der Waals surface area (Å²) in [4.78, 5) is 4.52. The maximum atomic E-state index is 13.5. The first-order valence-electron chi connectivity index (χ1n) is 8.45. The Hall–Kier alpha value is -1.77. The number of halogens is 1. The number of anilines is 1. The van der Waals surface area contributed by atoms with Crippen LogP contribution in [0.3, 0.4) is 0 Å². The third-order valence-electron chi connectivity index (χ3n) is 5.14. The Kier molecular flexibility index (Phi) is 4.94. The Balaban J connectivity index is 1.81. The van der Waals surface area contributed by atoms with Crippen molar-refractivity contribution in [2.75, 3.05) is 5.73 Å². The molecule has 0 spiro atoms. The van der Waals surface area contributed by atoms with E-state index in [1.165, 1.54) is 6.20 Å². The molecule has 8 heteroatoms. The van der Waals surface area contributed by atoms with Crippen molar-refractivity contribution in [3.8, 4) is 0 Å². The van der Waals surface area contributed by atoms with E-state index in [4.69, 9.17) is 15.0 Å². The molecule has 1 aliphatic rings. The summed E-state index contributed by atoms with van der Waals surface area (Å²) in [5.41, 5.74) is 5.41. The van der Waals surface area contributed by atoms with Crippen molar-refractivity contribution in [3.05, 3.63) is 42.3 Å². The average molecular weight is 376 g/mol. The van der Waals surface area contributed by atoms with E-state index < -0.39 is 29.3 Å². The number of rotatable bonds is 4. The van der Waals surface area contributed by atoms with Crippen molar-refractivity contribution in [3.63, 3.8) is 0 Å². The summed E-state index contributed by atoms with van der Waals surface area (Å²) in [7, 11) is -2.03. The van der Waals surface area contributed by atoms with E-state index in [9.17, 15) is 8.60 Å². The molecule has 2 unspecified atom stereocenters. The van der Waals surface area contributed by atoms with Crippen LogP contribution in [-0.4, -0.2) is 27.5 Å². The standard InChI is InChI=1S/C18H22BFN2O3S/c1-5-18(4)17(2,3)24-19(25-18)12-6-8-13(9-7-12)26(23)14-10-15(20)16(21)22-11-14/h6-11H,5H2,1-4H3,(H2,21,22). The molecular weight excluding hydrogens is 354 g/mol. The molecule has 5 nitrogen and oxygen atoms in total. The van der Waals surface area contributed by atoms with Gasteiger partial charge in [0.25, 0.3) is 0 Å². The zero-order valence-corrected chi connectivity index (χ0v) is 16.1.